The number of halogens is 2. The molecule has 0 unspecified atom stereocenters. The van der Waals surface area contributed by atoms with Crippen LogP contribution in [-0.2, 0) is 0 Å². The summed E-state index contributed by atoms with van der Waals surface area (Å²) in [6.45, 7) is 1.69. The molecule has 0 atom stereocenters. The van der Waals surface area contributed by atoms with E-state index in [4.69, 9.17) is 17.3 Å². The lowest BCUT2D eigenvalue weighted by Crippen LogP contribution is -2.14. The maximum Gasteiger partial charge on any atom is 0.278 e. The highest BCUT2D eigenvalue weighted by Crippen LogP contribution is 2.20. The number of amides is 1. The molecule has 0 fully saturated rings. The van der Waals surface area contributed by atoms with Crippen LogP contribution >= 0.6 is 11.6 Å². The minimum absolute atomic E-state index is 0.0629. The van der Waals surface area contributed by atoms with Crippen molar-refractivity contribution >= 4 is 28.9 Å². The van der Waals surface area contributed by atoms with Gasteiger partial charge in [0, 0.05) is 10.7 Å². The topological polar surface area (TPSA) is 83.8 Å². The highest BCUT2D eigenvalue weighted by atomic mass is 35.5. The fraction of sp³-hybridized carbons (Fsp3) is 0.0909. The van der Waals surface area contributed by atoms with Crippen molar-refractivity contribution in [3.8, 4) is 0 Å². The lowest BCUT2D eigenvalue weighted by molar-refractivity contribution is 0.102. The van der Waals surface area contributed by atoms with Crippen molar-refractivity contribution < 1.29 is 9.18 Å². The molecule has 1 amide bonds. The molecule has 94 valence electrons. The fourth-order valence-electron chi connectivity index (χ4n) is 1.43. The van der Waals surface area contributed by atoms with Gasteiger partial charge in [0.05, 0.1) is 11.4 Å². The Hall–Kier alpha value is -2.08. The molecule has 1 aromatic heterocycles. The minimum Gasteiger partial charge on any atom is -0.395 e. The van der Waals surface area contributed by atoms with Gasteiger partial charge in [-0.1, -0.05) is 11.6 Å². The van der Waals surface area contributed by atoms with Crippen LogP contribution in [0.4, 0.5) is 15.8 Å². The van der Waals surface area contributed by atoms with E-state index in [0.717, 1.165) is 12.1 Å². The maximum atomic E-state index is 13.1. The standard InChI is InChI=1S/C11H10ClFN4O/c1-5-9(14)10(17-16-5)11(18)15-8-3-6(12)2-7(13)4-8/h2-4H,14H2,1H3,(H,15,18)(H,16,17). The number of benzene rings is 1. The van der Waals surface area contributed by atoms with Crippen LogP contribution in [-0.4, -0.2) is 16.1 Å². The number of aromatic amines is 1. The second-order valence-corrected chi connectivity index (χ2v) is 4.16. The summed E-state index contributed by atoms with van der Waals surface area (Å²) in [5.41, 5.74) is 6.82. The molecule has 1 heterocycles. The Morgan fingerprint density at radius 3 is 2.78 bits per heavy atom. The first-order chi connectivity index (χ1) is 8.47. The number of nitrogens with one attached hydrogen (secondary N) is 2. The number of rotatable bonds is 2. The normalized spacial score (nSPS) is 10.4. The zero-order chi connectivity index (χ0) is 13.3. The SMILES string of the molecule is Cc1[nH]nc(C(=O)Nc2cc(F)cc(Cl)c2)c1N. The number of hydrogen-bond donors (Lipinski definition) is 3. The van der Waals surface area contributed by atoms with E-state index in [1.54, 1.807) is 6.92 Å². The van der Waals surface area contributed by atoms with E-state index in [9.17, 15) is 9.18 Å². The highest BCUT2D eigenvalue weighted by molar-refractivity contribution is 6.31. The third-order valence-corrected chi connectivity index (χ3v) is 2.55. The predicted molar refractivity (Wildman–Crippen MR) is 67.1 cm³/mol. The van der Waals surface area contributed by atoms with E-state index in [2.05, 4.69) is 15.5 Å². The summed E-state index contributed by atoms with van der Waals surface area (Å²) in [5.74, 6) is -1.07. The third-order valence-electron chi connectivity index (χ3n) is 2.33. The molecular weight excluding hydrogens is 259 g/mol. The van der Waals surface area contributed by atoms with Crippen LogP contribution < -0.4 is 11.1 Å². The predicted octanol–water partition coefficient (Wildman–Crippen LogP) is 2.35. The Morgan fingerprint density at radius 1 is 1.50 bits per heavy atom. The van der Waals surface area contributed by atoms with Gasteiger partial charge in [0.1, 0.15) is 5.82 Å². The van der Waals surface area contributed by atoms with Crippen molar-refractivity contribution in [3.05, 3.63) is 40.4 Å². The van der Waals surface area contributed by atoms with Gasteiger partial charge in [-0.15, -0.1) is 0 Å². The lowest BCUT2D eigenvalue weighted by atomic mass is 10.2. The van der Waals surface area contributed by atoms with Crippen molar-refractivity contribution in [2.45, 2.75) is 6.92 Å². The monoisotopic (exact) mass is 268 g/mol. The summed E-state index contributed by atoms with van der Waals surface area (Å²) in [5, 5.41) is 9.02. The average Bonchev–Trinajstić information content (AvgIpc) is 2.58. The number of carbonyl (C=O) groups is 1. The molecule has 0 bridgehead atoms. The van der Waals surface area contributed by atoms with Crippen LogP contribution in [0.2, 0.25) is 5.02 Å². The molecule has 0 spiro atoms. The molecule has 0 aliphatic heterocycles. The molecule has 18 heavy (non-hydrogen) atoms. The minimum atomic E-state index is -0.538. The summed E-state index contributed by atoms with van der Waals surface area (Å²) in [4.78, 5) is 11.8. The molecule has 2 aromatic rings. The van der Waals surface area contributed by atoms with Gasteiger partial charge in [0.25, 0.3) is 5.91 Å². The maximum absolute atomic E-state index is 13.1. The molecule has 0 saturated heterocycles. The van der Waals surface area contributed by atoms with Crippen molar-refractivity contribution in [1.29, 1.82) is 0 Å². The second-order valence-electron chi connectivity index (χ2n) is 3.72. The third kappa shape index (κ3) is 2.43. The summed E-state index contributed by atoms with van der Waals surface area (Å²) >= 11 is 5.68. The van der Waals surface area contributed by atoms with Gasteiger partial charge < -0.3 is 11.1 Å². The molecule has 5 nitrogen and oxygen atoms in total. The van der Waals surface area contributed by atoms with E-state index in [0.29, 0.717) is 5.69 Å². The number of carbonyl (C=O) groups excluding carboxylic acids is 1. The van der Waals surface area contributed by atoms with E-state index in [-0.39, 0.29) is 22.1 Å². The van der Waals surface area contributed by atoms with Crippen LogP contribution in [0.3, 0.4) is 0 Å². The molecule has 0 saturated carbocycles. The van der Waals surface area contributed by atoms with E-state index < -0.39 is 11.7 Å². The number of aryl methyl sites for hydroxylation is 1. The number of H-pyrrole nitrogens is 1. The molecule has 2 rings (SSSR count). The Balaban J connectivity index is 2.24. The quantitative estimate of drug-likeness (QED) is 0.782. The van der Waals surface area contributed by atoms with Crippen molar-refractivity contribution in [2.75, 3.05) is 11.1 Å². The molecule has 7 heteroatoms. The Morgan fingerprint density at radius 2 is 2.22 bits per heavy atom. The number of anilines is 2. The number of nitrogen functional groups attached to an aromatic ring is 1. The molecule has 0 aliphatic rings. The summed E-state index contributed by atoms with van der Waals surface area (Å²) in [7, 11) is 0. The Kier molecular flexibility index (Phi) is 3.20. The van der Waals surface area contributed by atoms with E-state index in [1.807, 2.05) is 0 Å². The number of nitrogens with zero attached hydrogens (tertiary/aromatic N) is 1. The van der Waals surface area contributed by atoms with Crippen LogP contribution in [0.5, 0.6) is 0 Å². The number of aromatic nitrogens is 2. The first-order valence-corrected chi connectivity index (χ1v) is 5.43. The summed E-state index contributed by atoms with van der Waals surface area (Å²) in [6.07, 6.45) is 0. The van der Waals surface area contributed by atoms with E-state index in [1.165, 1.54) is 6.07 Å². The van der Waals surface area contributed by atoms with Crippen molar-refractivity contribution in [1.82, 2.24) is 10.2 Å². The van der Waals surface area contributed by atoms with Crippen molar-refractivity contribution in [2.24, 2.45) is 0 Å². The largest absolute Gasteiger partial charge is 0.395 e. The van der Waals surface area contributed by atoms with E-state index >= 15 is 0 Å². The molecule has 0 aliphatic carbocycles. The second kappa shape index (κ2) is 4.66. The lowest BCUT2D eigenvalue weighted by Gasteiger charge is -2.04. The zero-order valence-corrected chi connectivity index (χ0v) is 10.2. The van der Waals surface area contributed by atoms with Crippen molar-refractivity contribution in [3.63, 3.8) is 0 Å². The molecular formula is C11H10ClFN4O. The summed E-state index contributed by atoms with van der Waals surface area (Å²) < 4.78 is 13.1. The highest BCUT2D eigenvalue weighted by Gasteiger charge is 2.15. The van der Waals surface area contributed by atoms with Gasteiger partial charge >= 0.3 is 0 Å². The smallest absolute Gasteiger partial charge is 0.278 e. The van der Waals surface area contributed by atoms with Gasteiger partial charge in [0.2, 0.25) is 0 Å². The van der Waals surface area contributed by atoms with Gasteiger partial charge in [-0.3, -0.25) is 9.89 Å². The first kappa shape index (κ1) is 12.4. The molecule has 0 radical (unpaired) electrons. The van der Waals surface area contributed by atoms with Gasteiger partial charge in [0.15, 0.2) is 5.69 Å². The summed E-state index contributed by atoms with van der Waals surface area (Å²) in [6, 6.07) is 3.72. The van der Waals surface area contributed by atoms with Crippen LogP contribution in [0.15, 0.2) is 18.2 Å². The van der Waals surface area contributed by atoms with Crippen LogP contribution in [0.1, 0.15) is 16.2 Å². The first-order valence-electron chi connectivity index (χ1n) is 5.05. The Labute approximate surface area is 107 Å². The average molecular weight is 269 g/mol. The van der Waals surface area contributed by atoms with Crippen LogP contribution in [0.25, 0.3) is 0 Å². The molecule has 4 N–H and O–H groups in total. The molecule has 1 aromatic carbocycles. The van der Waals surface area contributed by atoms with Crippen LogP contribution in [0, 0.1) is 12.7 Å². The zero-order valence-electron chi connectivity index (χ0n) is 9.42. The van der Waals surface area contributed by atoms with Gasteiger partial charge in [-0.2, -0.15) is 5.10 Å². The fourth-order valence-corrected chi connectivity index (χ4v) is 1.65. The number of hydrogen-bond acceptors (Lipinski definition) is 3. The Bertz CT molecular complexity index is 591. The van der Waals surface area contributed by atoms with Gasteiger partial charge in [-0.05, 0) is 25.1 Å². The number of nitrogens with two attached hydrogens (primary N) is 1. The van der Waals surface area contributed by atoms with Gasteiger partial charge in [-0.25, -0.2) is 4.39 Å².